The molecule has 1 amide bonds. The molecule has 3 N–H and O–H groups in total. The van der Waals surface area contributed by atoms with Crippen molar-refractivity contribution < 1.29 is 14.3 Å². The predicted octanol–water partition coefficient (Wildman–Crippen LogP) is 1.26. The number of aliphatic hydroxyl groups is 1. The van der Waals surface area contributed by atoms with E-state index >= 15 is 0 Å². The smallest absolute Gasteiger partial charge is 0.231 e. The number of primary amides is 1. The lowest BCUT2D eigenvalue weighted by atomic mass is 10.1. The topological polar surface area (TPSA) is 66.6 Å². The van der Waals surface area contributed by atoms with Gasteiger partial charge in [-0.05, 0) is 26.0 Å². The van der Waals surface area contributed by atoms with Crippen molar-refractivity contribution in [3.63, 3.8) is 0 Å². The summed E-state index contributed by atoms with van der Waals surface area (Å²) in [6, 6.07) is 4.84. The van der Waals surface area contributed by atoms with E-state index in [1.165, 1.54) is 6.07 Å². The number of rotatable bonds is 6. The first kappa shape index (κ1) is 17.2. The molecule has 0 aromatic heterocycles. The molecule has 21 heavy (non-hydrogen) atoms. The van der Waals surface area contributed by atoms with Crippen LogP contribution in [0.25, 0.3) is 0 Å². The number of halogens is 1. The molecule has 0 spiro atoms. The molecular weight excluding hydrogens is 271 g/mol. The second kappa shape index (κ2) is 8.40. The van der Waals surface area contributed by atoms with Crippen LogP contribution in [-0.4, -0.2) is 35.1 Å². The van der Waals surface area contributed by atoms with Gasteiger partial charge >= 0.3 is 0 Å². The van der Waals surface area contributed by atoms with Gasteiger partial charge in [0.25, 0.3) is 0 Å². The van der Waals surface area contributed by atoms with Crippen LogP contribution in [0.3, 0.4) is 0 Å². The van der Waals surface area contributed by atoms with E-state index in [0.717, 1.165) is 0 Å². The molecule has 0 saturated heterocycles. The third-order valence-corrected chi connectivity index (χ3v) is 2.99. The third kappa shape index (κ3) is 5.94. The van der Waals surface area contributed by atoms with E-state index in [1.807, 2.05) is 13.8 Å². The van der Waals surface area contributed by atoms with Crippen LogP contribution in [0.1, 0.15) is 31.4 Å². The molecule has 0 unspecified atom stereocenters. The number of carbonyl (C=O) groups excluding carboxylic acids is 1. The summed E-state index contributed by atoms with van der Waals surface area (Å²) in [5.74, 6) is 4.73. The second-order valence-electron chi connectivity index (χ2n) is 5.05. The average Bonchev–Trinajstić information content (AvgIpc) is 2.40. The van der Waals surface area contributed by atoms with E-state index in [4.69, 9.17) is 10.8 Å². The van der Waals surface area contributed by atoms with Crippen LogP contribution in [-0.2, 0) is 11.3 Å². The molecule has 0 radical (unpaired) electrons. The summed E-state index contributed by atoms with van der Waals surface area (Å²) in [5, 5.41) is 8.65. The Balaban J connectivity index is 2.84. The highest BCUT2D eigenvalue weighted by atomic mass is 19.1. The fourth-order valence-corrected chi connectivity index (χ4v) is 1.81. The quantitative estimate of drug-likeness (QED) is 0.776. The predicted molar refractivity (Wildman–Crippen MR) is 79.7 cm³/mol. The van der Waals surface area contributed by atoms with E-state index in [0.29, 0.717) is 24.1 Å². The molecule has 0 aliphatic rings. The monoisotopic (exact) mass is 292 g/mol. The molecule has 0 heterocycles. The molecule has 0 atom stereocenters. The van der Waals surface area contributed by atoms with Gasteiger partial charge in [0.1, 0.15) is 5.82 Å². The molecule has 4 nitrogen and oxygen atoms in total. The van der Waals surface area contributed by atoms with Crippen LogP contribution in [0.15, 0.2) is 18.2 Å². The standard InChI is InChI=1S/C16H21FN2O2/c1-12(2)19(11-16(18)21)10-14-7-6-13(9-15(14)17)5-3-4-8-20/h6-7,9,12,20H,4,8,10-11H2,1-2H3,(H2,18,21). The number of benzene rings is 1. The Hall–Kier alpha value is -1.90. The Labute approximate surface area is 124 Å². The SMILES string of the molecule is CC(C)N(CC(N)=O)Cc1ccc(C#CCCO)cc1F. The summed E-state index contributed by atoms with van der Waals surface area (Å²) >= 11 is 0. The van der Waals surface area contributed by atoms with Crippen LogP contribution in [0.4, 0.5) is 4.39 Å². The third-order valence-electron chi connectivity index (χ3n) is 2.99. The van der Waals surface area contributed by atoms with Gasteiger partial charge in [-0.1, -0.05) is 17.9 Å². The van der Waals surface area contributed by atoms with Gasteiger partial charge < -0.3 is 10.8 Å². The van der Waals surface area contributed by atoms with Crippen molar-refractivity contribution in [3.05, 3.63) is 35.1 Å². The summed E-state index contributed by atoms with van der Waals surface area (Å²) < 4.78 is 14.1. The fraction of sp³-hybridized carbons (Fsp3) is 0.438. The Bertz CT molecular complexity index is 547. The van der Waals surface area contributed by atoms with Crippen molar-refractivity contribution in [2.24, 2.45) is 5.73 Å². The average molecular weight is 292 g/mol. The van der Waals surface area contributed by atoms with Gasteiger partial charge in [0.2, 0.25) is 5.91 Å². The Morgan fingerprint density at radius 2 is 2.19 bits per heavy atom. The highest BCUT2D eigenvalue weighted by molar-refractivity contribution is 5.75. The molecule has 0 fully saturated rings. The molecule has 114 valence electrons. The van der Waals surface area contributed by atoms with E-state index in [9.17, 15) is 9.18 Å². The van der Waals surface area contributed by atoms with E-state index in [2.05, 4.69) is 11.8 Å². The molecule has 0 aliphatic heterocycles. The maximum absolute atomic E-state index is 14.1. The van der Waals surface area contributed by atoms with Crippen molar-refractivity contribution in [3.8, 4) is 11.8 Å². The fourth-order valence-electron chi connectivity index (χ4n) is 1.81. The first-order valence-corrected chi connectivity index (χ1v) is 6.84. The van der Waals surface area contributed by atoms with Crippen molar-refractivity contribution in [1.29, 1.82) is 0 Å². The number of nitrogens with zero attached hydrogens (tertiary/aromatic N) is 1. The van der Waals surface area contributed by atoms with E-state index < -0.39 is 5.91 Å². The van der Waals surface area contributed by atoms with Gasteiger partial charge in [-0.2, -0.15) is 0 Å². The van der Waals surface area contributed by atoms with Gasteiger partial charge in [0, 0.05) is 30.1 Å². The second-order valence-corrected chi connectivity index (χ2v) is 5.05. The first-order chi connectivity index (χ1) is 9.93. The lowest BCUT2D eigenvalue weighted by molar-refractivity contribution is -0.119. The minimum Gasteiger partial charge on any atom is -0.395 e. The number of hydrogen-bond donors (Lipinski definition) is 2. The van der Waals surface area contributed by atoms with Crippen molar-refractivity contribution >= 4 is 5.91 Å². The summed E-state index contributed by atoms with van der Waals surface area (Å²) in [6.45, 7) is 4.25. The normalized spacial score (nSPS) is 10.6. The number of nitrogens with two attached hydrogens (primary N) is 1. The summed E-state index contributed by atoms with van der Waals surface area (Å²) in [5.41, 5.74) is 6.27. The summed E-state index contributed by atoms with van der Waals surface area (Å²) in [4.78, 5) is 12.8. The first-order valence-electron chi connectivity index (χ1n) is 6.84. The molecule has 1 rings (SSSR count). The van der Waals surface area contributed by atoms with Crippen molar-refractivity contribution in [2.45, 2.75) is 32.9 Å². The van der Waals surface area contributed by atoms with E-state index in [-0.39, 0.29) is 25.0 Å². The van der Waals surface area contributed by atoms with Crippen LogP contribution in [0.2, 0.25) is 0 Å². The minimum absolute atomic E-state index is 0.00989. The Morgan fingerprint density at radius 3 is 2.71 bits per heavy atom. The van der Waals surface area contributed by atoms with Crippen molar-refractivity contribution in [2.75, 3.05) is 13.2 Å². The van der Waals surface area contributed by atoms with Crippen LogP contribution in [0, 0.1) is 17.7 Å². The van der Waals surface area contributed by atoms with Gasteiger partial charge in [-0.3, -0.25) is 9.69 Å². The number of carbonyl (C=O) groups is 1. The van der Waals surface area contributed by atoms with Crippen LogP contribution >= 0.6 is 0 Å². The minimum atomic E-state index is -0.435. The zero-order chi connectivity index (χ0) is 15.8. The molecule has 0 bridgehead atoms. The highest BCUT2D eigenvalue weighted by Crippen LogP contribution is 2.14. The molecule has 5 heteroatoms. The number of amides is 1. The van der Waals surface area contributed by atoms with Gasteiger partial charge in [0.15, 0.2) is 0 Å². The molecule has 1 aromatic carbocycles. The lowest BCUT2D eigenvalue weighted by Crippen LogP contribution is -2.38. The lowest BCUT2D eigenvalue weighted by Gasteiger charge is -2.25. The Kier molecular flexibility index (Phi) is 6.86. The molecular formula is C16H21FN2O2. The summed E-state index contributed by atoms with van der Waals surface area (Å²) in [6.07, 6.45) is 0.364. The van der Waals surface area contributed by atoms with Gasteiger partial charge in [-0.25, -0.2) is 4.39 Å². The zero-order valence-corrected chi connectivity index (χ0v) is 12.4. The maximum Gasteiger partial charge on any atom is 0.231 e. The summed E-state index contributed by atoms with van der Waals surface area (Å²) in [7, 11) is 0. The largest absolute Gasteiger partial charge is 0.395 e. The van der Waals surface area contributed by atoms with E-state index in [1.54, 1.807) is 17.0 Å². The zero-order valence-electron chi connectivity index (χ0n) is 12.4. The number of aliphatic hydroxyl groups excluding tert-OH is 1. The van der Waals surface area contributed by atoms with Gasteiger partial charge in [0.05, 0.1) is 13.2 Å². The van der Waals surface area contributed by atoms with Gasteiger partial charge in [-0.15, -0.1) is 0 Å². The van der Waals surface area contributed by atoms with Crippen LogP contribution in [0.5, 0.6) is 0 Å². The highest BCUT2D eigenvalue weighted by Gasteiger charge is 2.14. The maximum atomic E-state index is 14.1. The molecule has 0 aliphatic carbocycles. The number of hydrogen-bond acceptors (Lipinski definition) is 3. The van der Waals surface area contributed by atoms with Crippen molar-refractivity contribution in [1.82, 2.24) is 4.90 Å². The Morgan fingerprint density at radius 1 is 1.48 bits per heavy atom. The molecule has 0 saturated carbocycles. The molecule has 1 aromatic rings. The van der Waals surface area contributed by atoms with Crippen LogP contribution < -0.4 is 5.73 Å².